The summed E-state index contributed by atoms with van der Waals surface area (Å²) in [6.07, 6.45) is 0.974. The molecule has 0 aliphatic carbocycles. The van der Waals surface area contributed by atoms with Crippen molar-refractivity contribution < 1.29 is 28.3 Å². The zero-order chi connectivity index (χ0) is 19.5. The number of aliphatic carboxylic acids is 1. The molecule has 26 heavy (non-hydrogen) atoms. The van der Waals surface area contributed by atoms with Gasteiger partial charge in [-0.05, 0) is 37.1 Å². The molecule has 1 fully saturated rings. The molecule has 1 aliphatic rings. The molecule has 4 atom stereocenters. The van der Waals surface area contributed by atoms with E-state index in [4.69, 9.17) is 0 Å². The molecule has 1 saturated heterocycles. The van der Waals surface area contributed by atoms with Gasteiger partial charge in [0.05, 0.1) is 4.75 Å². The molecule has 0 radical (unpaired) electrons. The van der Waals surface area contributed by atoms with Gasteiger partial charge < -0.3 is 14.6 Å². The van der Waals surface area contributed by atoms with Crippen molar-refractivity contribution in [2.75, 3.05) is 0 Å². The van der Waals surface area contributed by atoms with Crippen molar-refractivity contribution >= 4 is 35.1 Å². The number of carboxylic acids is 1. The molecule has 140 valence electrons. The molecular weight excluding hydrogens is 362 g/mol. The average molecular weight is 380 g/mol. The number of likely N-dealkylation sites (tertiary alicyclic amines) is 1. The zero-order valence-electron chi connectivity index (χ0n) is 14.1. The molecule has 10 heteroatoms. The predicted octanol–water partition coefficient (Wildman–Crippen LogP) is 0.114. The minimum Gasteiger partial charge on any atom is -0.772 e. The molecule has 0 aromatic heterocycles. The van der Waals surface area contributed by atoms with Crippen LogP contribution in [0.2, 0.25) is 0 Å². The van der Waals surface area contributed by atoms with E-state index in [9.17, 15) is 28.3 Å². The molecule has 1 unspecified atom stereocenters. The first-order valence-corrected chi connectivity index (χ1v) is 8.79. The number of nitrogens with zero attached hydrogens (tertiary/aromatic N) is 2. The highest BCUT2D eigenvalue weighted by Gasteiger charge is 2.51. The number of hydrazone groups is 1. The molecule has 2 N–H and O–H groups in total. The van der Waals surface area contributed by atoms with E-state index in [1.54, 1.807) is 25.1 Å². The normalized spacial score (nSPS) is 21.6. The SMILES string of the molecule is C[C@@H]1CC(=O)N1[C@@H](C(=O)O)[C@](C)(/C=N/NC(=O)c1ccccc1)S(=O)[O-]. The van der Waals surface area contributed by atoms with E-state index in [1.165, 1.54) is 12.1 Å². The van der Waals surface area contributed by atoms with Crippen LogP contribution in [0.25, 0.3) is 0 Å². The monoisotopic (exact) mass is 380 g/mol. The molecule has 2 rings (SSSR count). The first kappa shape index (κ1) is 19.7. The Hall–Kier alpha value is -2.59. The number of rotatable bonds is 7. The Morgan fingerprint density at radius 2 is 2.08 bits per heavy atom. The van der Waals surface area contributed by atoms with Crippen molar-refractivity contribution in [2.45, 2.75) is 37.1 Å². The van der Waals surface area contributed by atoms with Crippen molar-refractivity contribution in [3.8, 4) is 0 Å². The number of benzene rings is 1. The standard InChI is InChI=1S/C16H19N3O6S/c1-10-8-12(20)19(10)13(15(22)23)16(2,26(24)25)9-17-18-14(21)11-6-4-3-5-7-11/h3-7,9-10,13H,8H2,1-2H3,(H,18,21)(H,22,23)(H,24,25)/p-1/b17-9+/t10-,13+,16+/m1/s1. The number of amides is 2. The fourth-order valence-electron chi connectivity index (χ4n) is 2.71. The van der Waals surface area contributed by atoms with Gasteiger partial charge in [-0.1, -0.05) is 18.2 Å². The molecule has 1 aromatic carbocycles. The van der Waals surface area contributed by atoms with Gasteiger partial charge in [-0.2, -0.15) is 5.10 Å². The highest BCUT2D eigenvalue weighted by molar-refractivity contribution is 7.81. The quantitative estimate of drug-likeness (QED) is 0.298. The highest BCUT2D eigenvalue weighted by Crippen LogP contribution is 2.30. The van der Waals surface area contributed by atoms with Gasteiger partial charge in [0.25, 0.3) is 5.91 Å². The van der Waals surface area contributed by atoms with Crippen LogP contribution in [0.15, 0.2) is 35.4 Å². The van der Waals surface area contributed by atoms with Crippen LogP contribution in [-0.4, -0.2) is 59.6 Å². The van der Waals surface area contributed by atoms with Gasteiger partial charge in [-0.15, -0.1) is 0 Å². The lowest BCUT2D eigenvalue weighted by Crippen LogP contribution is -2.67. The maximum absolute atomic E-state index is 11.9. The van der Waals surface area contributed by atoms with E-state index in [0.717, 1.165) is 18.0 Å². The van der Waals surface area contributed by atoms with E-state index in [0.29, 0.717) is 5.56 Å². The topological polar surface area (TPSA) is 139 Å². The largest absolute Gasteiger partial charge is 0.772 e. The Kier molecular flexibility index (Phi) is 5.88. The summed E-state index contributed by atoms with van der Waals surface area (Å²) < 4.78 is 21.5. The first-order chi connectivity index (χ1) is 12.2. The summed E-state index contributed by atoms with van der Waals surface area (Å²) in [6, 6.07) is 6.03. The van der Waals surface area contributed by atoms with E-state index in [-0.39, 0.29) is 6.42 Å². The lowest BCUT2D eigenvalue weighted by atomic mass is 9.92. The second-order valence-electron chi connectivity index (χ2n) is 6.08. The summed E-state index contributed by atoms with van der Waals surface area (Å²) in [6.45, 7) is 2.76. The Bertz CT molecular complexity index is 769. The van der Waals surface area contributed by atoms with Crippen LogP contribution in [0.4, 0.5) is 0 Å². The fraction of sp³-hybridized carbons (Fsp3) is 0.375. The Morgan fingerprint density at radius 3 is 2.54 bits per heavy atom. The van der Waals surface area contributed by atoms with Crippen LogP contribution in [0.3, 0.4) is 0 Å². The molecule has 1 aliphatic heterocycles. The van der Waals surface area contributed by atoms with Crippen LogP contribution in [0.5, 0.6) is 0 Å². The smallest absolute Gasteiger partial charge is 0.328 e. The third kappa shape index (κ3) is 3.81. The van der Waals surface area contributed by atoms with E-state index in [2.05, 4.69) is 10.5 Å². The summed E-state index contributed by atoms with van der Waals surface area (Å²) in [4.78, 5) is 36.4. The number of carbonyl (C=O) groups is 3. The summed E-state index contributed by atoms with van der Waals surface area (Å²) in [5.74, 6) is -2.51. The second-order valence-corrected chi connectivity index (χ2v) is 7.43. The van der Waals surface area contributed by atoms with Gasteiger partial charge in [0.1, 0.15) is 0 Å². The number of carbonyl (C=O) groups excluding carboxylic acids is 2. The van der Waals surface area contributed by atoms with Crippen LogP contribution < -0.4 is 5.43 Å². The number of carboxylic acid groups (broad SMARTS) is 1. The molecule has 0 saturated carbocycles. The molecule has 2 amide bonds. The van der Waals surface area contributed by atoms with Crippen molar-refractivity contribution in [3.63, 3.8) is 0 Å². The van der Waals surface area contributed by atoms with Crippen LogP contribution in [-0.2, 0) is 20.7 Å². The summed E-state index contributed by atoms with van der Waals surface area (Å²) in [5.41, 5.74) is 2.46. The van der Waals surface area contributed by atoms with Gasteiger partial charge in [0.2, 0.25) is 5.91 Å². The second kappa shape index (κ2) is 7.75. The third-order valence-corrected chi connectivity index (χ3v) is 5.22. The molecule has 1 heterocycles. The Morgan fingerprint density at radius 1 is 1.46 bits per heavy atom. The van der Waals surface area contributed by atoms with Crippen molar-refractivity contribution in [2.24, 2.45) is 5.10 Å². The van der Waals surface area contributed by atoms with Gasteiger partial charge in [-0.25, -0.2) is 10.2 Å². The van der Waals surface area contributed by atoms with Crippen LogP contribution >= 0.6 is 0 Å². The summed E-state index contributed by atoms with van der Waals surface area (Å²) in [7, 11) is 0. The Balaban J connectivity index is 2.24. The molecule has 1 aromatic rings. The average Bonchev–Trinajstić information content (AvgIpc) is 2.59. The number of nitrogens with one attached hydrogen (secondary N) is 1. The number of hydrogen-bond acceptors (Lipinski definition) is 6. The first-order valence-electron chi connectivity index (χ1n) is 7.71. The van der Waals surface area contributed by atoms with Crippen molar-refractivity contribution in [1.82, 2.24) is 10.3 Å². The van der Waals surface area contributed by atoms with Gasteiger partial charge in [0.15, 0.2) is 6.04 Å². The summed E-state index contributed by atoms with van der Waals surface area (Å²) >= 11 is -2.92. The van der Waals surface area contributed by atoms with Gasteiger partial charge in [-0.3, -0.25) is 13.8 Å². The number of hydrogen-bond donors (Lipinski definition) is 2. The number of β-lactam (4-membered cyclic amide) rings is 1. The zero-order valence-corrected chi connectivity index (χ0v) is 14.9. The van der Waals surface area contributed by atoms with E-state index < -0.39 is 45.7 Å². The minimum atomic E-state index is -2.92. The lowest BCUT2D eigenvalue weighted by Gasteiger charge is -2.48. The Labute approximate surface area is 152 Å². The molecule has 0 bridgehead atoms. The van der Waals surface area contributed by atoms with Crippen LogP contribution in [0.1, 0.15) is 30.6 Å². The maximum Gasteiger partial charge on any atom is 0.328 e. The van der Waals surface area contributed by atoms with Crippen LogP contribution in [0, 0.1) is 0 Å². The van der Waals surface area contributed by atoms with Crippen molar-refractivity contribution in [1.29, 1.82) is 0 Å². The molecule has 0 spiro atoms. The van der Waals surface area contributed by atoms with Gasteiger partial charge >= 0.3 is 5.97 Å². The van der Waals surface area contributed by atoms with E-state index in [1.807, 2.05) is 0 Å². The lowest BCUT2D eigenvalue weighted by molar-refractivity contribution is -0.161. The summed E-state index contributed by atoms with van der Waals surface area (Å²) in [5, 5.41) is 13.1. The third-order valence-electron chi connectivity index (χ3n) is 4.17. The van der Waals surface area contributed by atoms with Crippen molar-refractivity contribution in [3.05, 3.63) is 35.9 Å². The molecule has 9 nitrogen and oxygen atoms in total. The predicted molar refractivity (Wildman–Crippen MR) is 92.1 cm³/mol. The van der Waals surface area contributed by atoms with Gasteiger partial charge in [0, 0.05) is 24.2 Å². The van der Waals surface area contributed by atoms with E-state index >= 15 is 0 Å². The highest BCUT2D eigenvalue weighted by atomic mass is 32.2. The fourth-order valence-corrected chi connectivity index (χ4v) is 3.24. The minimum absolute atomic E-state index is 0.146. The maximum atomic E-state index is 11.9. The molecular formula is C16H18N3O6S-.